The third-order valence-electron chi connectivity index (χ3n) is 6.83. The van der Waals surface area contributed by atoms with Gasteiger partial charge in [0.25, 0.3) is 11.5 Å². The smallest absolute Gasteiger partial charge is 0.497 e. The summed E-state index contributed by atoms with van der Waals surface area (Å²) in [5.41, 5.74) is 1.40. The molecule has 45 heavy (non-hydrogen) atoms. The van der Waals surface area contributed by atoms with Gasteiger partial charge >= 0.3 is 6.36 Å². The molecular weight excluding hydrogens is 595 g/mol. The zero-order chi connectivity index (χ0) is 32.4. The maximum absolute atomic E-state index is 12.7. The van der Waals surface area contributed by atoms with E-state index in [0.29, 0.717) is 55.0 Å². The second-order valence-corrected chi connectivity index (χ2v) is 10.00. The molecule has 2 aromatic carbocycles. The lowest BCUT2D eigenvalue weighted by molar-refractivity contribution is -0.274. The second-order valence-electron chi connectivity index (χ2n) is 10.00. The minimum atomic E-state index is -4.81. The van der Waals surface area contributed by atoms with Crippen LogP contribution >= 0.6 is 0 Å². The van der Waals surface area contributed by atoms with E-state index in [9.17, 15) is 27.6 Å². The van der Waals surface area contributed by atoms with Gasteiger partial charge < -0.3 is 24.1 Å². The van der Waals surface area contributed by atoms with Crippen molar-refractivity contribution in [1.29, 1.82) is 0 Å². The summed E-state index contributed by atoms with van der Waals surface area (Å²) in [6, 6.07) is 13.7. The van der Waals surface area contributed by atoms with E-state index < -0.39 is 12.3 Å². The molecule has 0 bridgehead atoms. The summed E-state index contributed by atoms with van der Waals surface area (Å²) in [4.78, 5) is 37.8. The van der Waals surface area contributed by atoms with Gasteiger partial charge in [0, 0.05) is 49.9 Å². The molecule has 11 nitrogen and oxygen atoms in total. The van der Waals surface area contributed by atoms with Crippen LogP contribution in [-0.2, 0) is 26.1 Å². The Kier molecular flexibility index (Phi) is 11.0. The van der Waals surface area contributed by atoms with E-state index >= 15 is 0 Å². The van der Waals surface area contributed by atoms with Crippen molar-refractivity contribution in [2.24, 2.45) is 0 Å². The number of carbonyl (C=O) groups excluding carboxylic acids is 2. The van der Waals surface area contributed by atoms with Gasteiger partial charge in [0.05, 0.1) is 20.4 Å². The first-order valence-corrected chi connectivity index (χ1v) is 14.0. The van der Waals surface area contributed by atoms with Crippen LogP contribution in [0, 0.1) is 0 Å². The van der Waals surface area contributed by atoms with Gasteiger partial charge in [-0.2, -0.15) is 0 Å². The number of methoxy groups -OCH3 is 2. The van der Waals surface area contributed by atoms with Gasteiger partial charge in [-0.1, -0.05) is 23.4 Å². The number of nitrogens with zero attached hydrogens (tertiary/aromatic N) is 4. The third kappa shape index (κ3) is 9.68. The largest absolute Gasteiger partial charge is 0.573 e. The van der Waals surface area contributed by atoms with Gasteiger partial charge in [0.2, 0.25) is 0 Å². The number of nitrogens with one attached hydrogen (secondary N) is 1. The van der Waals surface area contributed by atoms with E-state index in [1.54, 1.807) is 44.7 Å². The number of ketones is 1. The topological polar surface area (TPSA) is 127 Å². The first-order valence-electron chi connectivity index (χ1n) is 14.0. The van der Waals surface area contributed by atoms with E-state index in [1.165, 1.54) is 39.7 Å². The van der Waals surface area contributed by atoms with Crippen molar-refractivity contribution in [3.05, 3.63) is 99.7 Å². The lowest BCUT2D eigenvalue weighted by Gasteiger charge is -2.10. The molecule has 4 rings (SSSR count). The average molecular weight is 628 g/mol. The van der Waals surface area contributed by atoms with Crippen molar-refractivity contribution in [2.75, 3.05) is 14.2 Å². The fourth-order valence-corrected chi connectivity index (χ4v) is 4.51. The molecule has 0 radical (unpaired) electrons. The summed E-state index contributed by atoms with van der Waals surface area (Å²) in [7, 11) is 3.12. The number of rotatable bonds is 15. The van der Waals surface area contributed by atoms with Gasteiger partial charge in [-0.3, -0.25) is 19.1 Å². The van der Waals surface area contributed by atoms with Gasteiger partial charge in [-0.05, 0) is 54.7 Å². The number of pyridine rings is 1. The molecule has 0 saturated carbocycles. The number of hydrogen-bond acceptors (Lipinski definition) is 8. The minimum absolute atomic E-state index is 0.0304. The number of amides is 1. The highest BCUT2D eigenvalue weighted by atomic mass is 19.4. The number of unbranched alkanes of at least 4 members (excludes halogenated alkanes) is 1. The lowest BCUT2D eigenvalue weighted by atomic mass is 10.0. The summed E-state index contributed by atoms with van der Waals surface area (Å²) in [5.74, 6) is 0.225. The fraction of sp³-hybridized carbons (Fsp3) is 0.323. The highest BCUT2D eigenvalue weighted by Gasteiger charge is 2.31. The van der Waals surface area contributed by atoms with Crippen molar-refractivity contribution < 1.29 is 37.0 Å². The SMILES string of the molecule is COc1ccc(CCC(=O)c2ccn(CCCCn3cc(C(=O)NCc4cccc(OC(F)(F)F)c4)nn3)c(=O)c2)c(OC)c1. The first kappa shape index (κ1) is 32.8. The Morgan fingerprint density at radius 1 is 0.956 bits per heavy atom. The van der Waals surface area contributed by atoms with Crippen LogP contribution in [-0.4, -0.2) is 51.8 Å². The number of ether oxygens (including phenoxy) is 3. The zero-order valence-corrected chi connectivity index (χ0v) is 24.7. The minimum Gasteiger partial charge on any atom is -0.497 e. The summed E-state index contributed by atoms with van der Waals surface area (Å²) >= 11 is 0. The second kappa shape index (κ2) is 15.0. The molecule has 238 valence electrons. The van der Waals surface area contributed by atoms with Crippen molar-refractivity contribution in [3.8, 4) is 17.2 Å². The highest BCUT2D eigenvalue weighted by molar-refractivity contribution is 5.96. The molecule has 2 heterocycles. The summed E-state index contributed by atoms with van der Waals surface area (Å²) in [6.07, 6.45) is 0.189. The van der Waals surface area contributed by atoms with Crippen LogP contribution < -0.4 is 25.1 Å². The predicted octanol–water partition coefficient (Wildman–Crippen LogP) is 4.58. The lowest BCUT2D eigenvalue weighted by Crippen LogP contribution is -2.23. The Morgan fingerprint density at radius 3 is 2.49 bits per heavy atom. The molecule has 2 aromatic heterocycles. The number of aryl methyl sites for hydroxylation is 3. The Labute approximate surface area is 256 Å². The van der Waals surface area contributed by atoms with Crippen LogP contribution in [0.25, 0.3) is 0 Å². The molecule has 0 spiro atoms. The van der Waals surface area contributed by atoms with Crippen molar-refractivity contribution >= 4 is 11.7 Å². The van der Waals surface area contributed by atoms with E-state index in [0.717, 1.165) is 5.56 Å². The Hall–Kier alpha value is -5.14. The maximum atomic E-state index is 12.7. The monoisotopic (exact) mass is 627 g/mol. The van der Waals surface area contributed by atoms with Crippen molar-refractivity contribution in [3.63, 3.8) is 0 Å². The van der Waals surface area contributed by atoms with Crippen LogP contribution in [0.3, 0.4) is 0 Å². The Morgan fingerprint density at radius 2 is 1.76 bits per heavy atom. The van der Waals surface area contributed by atoms with E-state index in [-0.39, 0.29) is 35.8 Å². The van der Waals surface area contributed by atoms with Crippen molar-refractivity contribution in [1.82, 2.24) is 24.9 Å². The quantitative estimate of drug-likeness (QED) is 0.150. The average Bonchev–Trinajstić information content (AvgIpc) is 3.49. The van der Waals surface area contributed by atoms with Crippen LogP contribution in [0.1, 0.15) is 51.2 Å². The molecular formula is C31H32F3N5O6. The van der Waals surface area contributed by atoms with Crippen LogP contribution in [0.15, 0.2) is 71.8 Å². The molecule has 0 saturated heterocycles. The van der Waals surface area contributed by atoms with E-state index in [1.807, 2.05) is 6.07 Å². The van der Waals surface area contributed by atoms with Crippen LogP contribution in [0.4, 0.5) is 13.2 Å². The molecule has 14 heteroatoms. The van der Waals surface area contributed by atoms with Gasteiger partial charge in [0.1, 0.15) is 17.2 Å². The first-order chi connectivity index (χ1) is 21.5. The molecule has 0 atom stereocenters. The van der Waals surface area contributed by atoms with Gasteiger partial charge in [-0.25, -0.2) is 0 Å². The molecule has 0 aliphatic heterocycles. The van der Waals surface area contributed by atoms with Crippen LogP contribution in [0.2, 0.25) is 0 Å². The molecule has 0 fully saturated rings. The number of hydrogen-bond donors (Lipinski definition) is 1. The number of alkyl halides is 3. The molecule has 0 unspecified atom stereocenters. The highest BCUT2D eigenvalue weighted by Crippen LogP contribution is 2.26. The van der Waals surface area contributed by atoms with Gasteiger partial charge in [0.15, 0.2) is 11.5 Å². The van der Waals surface area contributed by atoms with Gasteiger partial charge in [-0.15, -0.1) is 18.3 Å². The van der Waals surface area contributed by atoms with Crippen molar-refractivity contribution in [2.45, 2.75) is 51.7 Å². The van der Waals surface area contributed by atoms with E-state index in [2.05, 4.69) is 20.4 Å². The molecule has 4 aromatic rings. The Bertz CT molecular complexity index is 1680. The standard InChI is InChI=1S/C31H32F3N5O6/c1-43-24-10-8-22(28(18-24)44-2)9-11-27(40)23-12-15-38(29(41)17-23)13-3-4-14-39-20-26(36-37-39)30(42)35-19-21-6-5-7-25(16-21)45-31(32,33)34/h5-8,10,12,15-18,20H,3-4,9,11,13-14,19H2,1-2H3,(H,35,42). The maximum Gasteiger partial charge on any atom is 0.573 e. The molecule has 1 amide bonds. The van der Waals surface area contributed by atoms with E-state index in [4.69, 9.17) is 9.47 Å². The van der Waals surface area contributed by atoms with Crippen LogP contribution in [0.5, 0.6) is 17.2 Å². The summed E-state index contributed by atoms with van der Waals surface area (Å²) in [5, 5.41) is 10.4. The predicted molar refractivity (Wildman–Crippen MR) is 156 cm³/mol. The molecule has 0 aliphatic rings. The fourth-order valence-electron chi connectivity index (χ4n) is 4.51. The molecule has 1 N–H and O–H groups in total. The number of carbonyl (C=O) groups is 2. The number of Topliss-reactive ketones (excluding diaryl/α,β-unsaturated/α-hetero) is 1. The molecule has 0 aliphatic carbocycles. The summed E-state index contributed by atoms with van der Waals surface area (Å²) < 4.78 is 54.8. The normalized spacial score (nSPS) is 11.2. The number of halogens is 3. The number of aromatic nitrogens is 4. The zero-order valence-electron chi connectivity index (χ0n) is 24.7. The number of benzene rings is 2. The third-order valence-corrected chi connectivity index (χ3v) is 6.83. The summed E-state index contributed by atoms with van der Waals surface area (Å²) in [6.45, 7) is 0.837. The Balaban J connectivity index is 1.21.